The second kappa shape index (κ2) is 9.79. The number of hydrogen-bond donors (Lipinski definition) is 2. The summed E-state index contributed by atoms with van der Waals surface area (Å²) in [6.07, 6.45) is -6.00. The number of rotatable bonds is 9. The lowest BCUT2D eigenvalue weighted by Gasteiger charge is -2.19. The number of alkyl halides is 5. The van der Waals surface area contributed by atoms with Crippen molar-refractivity contribution in [1.29, 1.82) is 0 Å². The molecule has 0 aliphatic heterocycles. The molecule has 158 valence electrons. The number of anilines is 2. The van der Waals surface area contributed by atoms with Crippen molar-refractivity contribution in [2.24, 2.45) is 0 Å². The SMILES string of the molecule is O=C(CCOCC(F)(F)C(F)(F)F)Nc1ccccc1NC(=O)Cc1cccs1. The number of carbonyl (C=O) groups is 2. The molecule has 1 aromatic heterocycles. The van der Waals surface area contributed by atoms with Gasteiger partial charge in [-0.2, -0.15) is 22.0 Å². The van der Waals surface area contributed by atoms with Crippen LogP contribution in [0.2, 0.25) is 0 Å². The number of ether oxygens (including phenoxy) is 1. The number of thiophene rings is 1. The van der Waals surface area contributed by atoms with Crippen molar-refractivity contribution in [3.05, 3.63) is 46.7 Å². The Morgan fingerprint density at radius 2 is 1.55 bits per heavy atom. The summed E-state index contributed by atoms with van der Waals surface area (Å²) < 4.78 is 65.8. The minimum atomic E-state index is -5.71. The third-order valence-electron chi connectivity index (χ3n) is 3.56. The molecular formula is C18H17F5N2O3S. The Morgan fingerprint density at radius 3 is 2.10 bits per heavy atom. The predicted molar refractivity (Wildman–Crippen MR) is 98.2 cm³/mol. The van der Waals surface area contributed by atoms with Crippen molar-refractivity contribution in [1.82, 2.24) is 0 Å². The first-order valence-corrected chi connectivity index (χ1v) is 9.20. The second-order valence-corrected chi connectivity index (χ2v) is 6.94. The summed E-state index contributed by atoms with van der Waals surface area (Å²) in [4.78, 5) is 24.9. The van der Waals surface area contributed by atoms with Crippen LogP contribution in [0.5, 0.6) is 0 Å². The van der Waals surface area contributed by atoms with Gasteiger partial charge in [-0.3, -0.25) is 9.59 Å². The highest BCUT2D eigenvalue weighted by Crippen LogP contribution is 2.35. The van der Waals surface area contributed by atoms with Crippen LogP contribution in [-0.4, -0.2) is 37.1 Å². The standard InChI is InChI=1S/C18H17F5N2O3S/c19-17(20,18(21,22)23)11-28-8-7-15(26)24-13-5-1-2-6-14(13)25-16(27)10-12-4-3-9-29-12/h1-6,9H,7-8,10-11H2,(H,24,26)(H,25,27). The first kappa shape index (κ1) is 22.8. The molecule has 1 aromatic carbocycles. The molecule has 0 radical (unpaired) electrons. The lowest BCUT2D eigenvalue weighted by Crippen LogP contribution is -2.41. The molecule has 0 saturated carbocycles. The van der Waals surface area contributed by atoms with E-state index in [2.05, 4.69) is 15.4 Å². The summed E-state index contributed by atoms with van der Waals surface area (Å²) in [5.41, 5.74) is 0.588. The van der Waals surface area contributed by atoms with E-state index >= 15 is 0 Å². The summed E-state index contributed by atoms with van der Waals surface area (Å²) in [6, 6.07) is 9.93. The second-order valence-electron chi connectivity index (χ2n) is 5.90. The zero-order valence-corrected chi connectivity index (χ0v) is 15.7. The van der Waals surface area contributed by atoms with Gasteiger partial charge in [-0.15, -0.1) is 11.3 Å². The maximum absolute atomic E-state index is 12.7. The van der Waals surface area contributed by atoms with Gasteiger partial charge in [-0.25, -0.2) is 0 Å². The molecular weight excluding hydrogens is 419 g/mol. The van der Waals surface area contributed by atoms with Crippen molar-refractivity contribution in [3.8, 4) is 0 Å². The zero-order valence-electron chi connectivity index (χ0n) is 14.9. The highest BCUT2D eigenvalue weighted by molar-refractivity contribution is 7.10. The molecule has 0 atom stereocenters. The van der Waals surface area contributed by atoms with Gasteiger partial charge in [0, 0.05) is 4.88 Å². The molecule has 2 rings (SSSR count). The van der Waals surface area contributed by atoms with Gasteiger partial charge in [-0.1, -0.05) is 18.2 Å². The lowest BCUT2D eigenvalue weighted by molar-refractivity contribution is -0.296. The number of para-hydroxylation sites is 2. The molecule has 2 aromatic rings. The molecule has 0 fully saturated rings. The normalized spacial score (nSPS) is 11.9. The molecule has 29 heavy (non-hydrogen) atoms. The van der Waals surface area contributed by atoms with Gasteiger partial charge in [0.25, 0.3) is 0 Å². The number of benzene rings is 1. The van der Waals surface area contributed by atoms with E-state index in [1.54, 1.807) is 24.3 Å². The molecule has 0 saturated heterocycles. The van der Waals surface area contributed by atoms with Crippen molar-refractivity contribution < 1.29 is 36.3 Å². The smallest absolute Gasteiger partial charge is 0.374 e. The van der Waals surface area contributed by atoms with Crippen LogP contribution in [0, 0.1) is 0 Å². The molecule has 0 aliphatic rings. The van der Waals surface area contributed by atoms with Crippen molar-refractivity contribution in [2.75, 3.05) is 23.8 Å². The van der Waals surface area contributed by atoms with E-state index in [1.807, 2.05) is 11.4 Å². The van der Waals surface area contributed by atoms with Crippen LogP contribution in [0.15, 0.2) is 41.8 Å². The van der Waals surface area contributed by atoms with E-state index in [-0.39, 0.29) is 18.0 Å². The first-order valence-electron chi connectivity index (χ1n) is 8.32. The number of nitrogens with one attached hydrogen (secondary N) is 2. The topological polar surface area (TPSA) is 67.4 Å². The summed E-state index contributed by atoms with van der Waals surface area (Å²) in [6.45, 7) is -2.48. The number of halogens is 5. The van der Waals surface area contributed by atoms with E-state index in [4.69, 9.17) is 0 Å². The Morgan fingerprint density at radius 1 is 0.931 bits per heavy atom. The molecule has 2 N–H and O–H groups in total. The largest absolute Gasteiger partial charge is 0.455 e. The Hall–Kier alpha value is -2.53. The van der Waals surface area contributed by atoms with E-state index in [9.17, 15) is 31.5 Å². The number of amides is 2. The first-order chi connectivity index (χ1) is 13.6. The summed E-state index contributed by atoms with van der Waals surface area (Å²) in [5.74, 6) is -5.95. The molecule has 2 amide bonds. The molecule has 5 nitrogen and oxygen atoms in total. The Balaban J connectivity index is 1.83. The molecule has 0 aliphatic carbocycles. The highest BCUT2D eigenvalue weighted by atomic mass is 32.1. The fraction of sp³-hybridized carbons (Fsp3) is 0.333. The minimum absolute atomic E-state index is 0.154. The van der Waals surface area contributed by atoms with Crippen LogP contribution < -0.4 is 10.6 Å². The maximum atomic E-state index is 12.7. The average Bonchev–Trinajstić information content (AvgIpc) is 3.12. The lowest BCUT2D eigenvalue weighted by atomic mass is 10.2. The van der Waals surface area contributed by atoms with Crippen molar-refractivity contribution in [2.45, 2.75) is 24.9 Å². The molecule has 0 bridgehead atoms. The number of carbonyl (C=O) groups excluding carboxylic acids is 2. The Kier molecular flexibility index (Phi) is 7.68. The van der Waals surface area contributed by atoms with Crippen LogP contribution in [0.25, 0.3) is 0 Å². The van der Waals surface area contributed by atoms with Gasteiger partial charge in [-0.05, 0) is 23.6 Å². The van der Waals surface area contributed by atoms with Gasteiger partial charge in [0.2, 0.25) is 11.8 Å². The minimum Gasteiger partial charge on any atom is -0.374 e. The van der Waals surface area contributed by atoms with E-state index in [1.165, 1.54) is 17.4 Å². The average molecular weight is 436 g/mol. The third-order valence-corrected chi connectivity index (χ3v) is 4.44. The van der Waals surface area contributed by atoms with Gasteiger partial charge < -0.3 is 15.4 Å². The van der Waals surface area contributed by atoms with Crippen LogP contribution >= 0.6 is 11.3 Å². The van der Waals surface area contributed by atoms with E-state index in [0.29, 0.717) is 5.69 Å². The van der Waals surface area contributed by atoms with Gasteiger partial charge in [0.15, 0.2) is 0 Å². The summed E-state index contributed by atoms with van der Waals surface area (Å²) in [7, 11) is 0. The Bertz CT molecular complexity index is 825. The predicted octanol–water partition coefficient (Wildman–Crippen LogP) is 4.47. The van der Waals surface area contributed by atoms with Gasteiger partial charge in [0.1, 0.15) is 6.61 Å². The van der Waals surface area contributed by atoms with Crippen molar-refractivity contribution >= 4 is 34.5 Å². The van der Waals surface area contributed by atoms with E-state index < -0.39 is 37.6 Å². The molecule has 1 heterocycles. The van der Waals surface area contributed by atoms with E-state index in [0.717, 1.165) is 4.88 Å². The zero-order chi connectivity index (χ0) is 21.5. The van der Waals surface area contributed by atoms with Crippen LogP contribution in [0.3, 0.4) is 0 Å². The van der Waals surface area contributed by atoms with Crippen LogP contribution in [0.1, 0.15) is 11.3 Å². The quantitative estimate of drug-likeness (QED) is 0.450. The molecule has 11 heteroatoms. The number of hydrogen-bond acceptors (Lipinski definition) is 4. The fourth-order valence-corrected chi connectivity index (χ4v) is 2.83. The van der Waals surface area contributed by atoms with Gasteiger partial charge >= 0.3 is 12.1 Å². The summed E-state index contributed by atoms with van der Waals surface area (Å²) >= 11 is 1.42. The molecule has 0 spiro atoms. The van der Waals surface area contributed by atoms with Gasteiger partial charge in [0.05, 0.1) is 30.8 Å². The van der Waals surface area contributed by atoms with Crippen LogP contribution in [-0.2, 0) is 20.7 Å². The molecule has 0 unspecified atom stereocenters. The van der Waals surface area contributed by atoms with Crippen molar-refractivity contribution in [3.63, 3.8) is 0 Å². The maximum Gasteiger partial charge on any atom is 0.455 e. The van der Waals surface area contributed by atoms with Crippen LogP contribution in [0.4, 0.5) is 33.3 Å². The third kappa shape index (κ3) is 7.09. The summed E-state index contributed by atoms with van der Waals surface area (Å²) in [5, 5.41) is 6.95. The highest BCUT2D eigenvalue weighted by Gasteiger charge is 2.57. The fourth-order valence-electron chi connectivity index (χ4n) is 2.13. The Labute approximate surface area is 166 Å². The monoisotopic (exact) mass is 436 g/mol.